The zero-order valence-corrected chi connectivity index (χ0v) is 10.3. The average Bonchev–Trinajstić information content (AvgIpc) is 2.71. The SMILES string of the molecule is COCCCC(N)CCCc1cccs1. The Morgan fingerprint density at radius 2 is 2.20 bits per heavy atom. The Kier molecular flexibility index (Phi) is 6.64. The molecule has 0 amide bonds. The van der Waals surface area contributed by atoms with E-state index in [-0.39, 0.29) is 0 Å². The molecule has 0 spiro atoms. The molecule has 0 bridgehead atoms. The van der Waals surface area contributed by atoms with Crippen molar-refractivity contribution in [2.75, 3.05) is 13.7 Å². The highest BCUT2D eigenvalue weighted by Gasteiger charge is 2.02. The third-order valence-corrected chi connectivity index (χ3v) is 3.44. The number of nitrogens with two attached hydrogens (primary N) is 1. The largest absolute Gasteiger partial charge is 0.385 e. The molecule has 1 rings (SSSR count). The topological polar surface area (TPSA) is 35.2 Å². The van der Waals surface area contributed by atoms with Gasteiger partial charge in [-0.25, -0.2) is 0 Å². The lowest BCUT2D eigenvalue weighted by Gasteiger charge is -2.10. The quantitative estimate of drug-likeness (QED) is 0.693. The van der Waals surface area contributed by atoms with E-state index in [0.717, 1.165) is 25.9 Å². The van der Waals surface area contributed by atoms with Crippen LogP contribution in [-0.2, 0) is 11.2 Å². The van der Waals surface area contributed by atoms with Crippen LogP contribution in [0.5, 0.6) is 0 Å². The molecular weight excluding hydrogens is 206 g/mol. The number of ether oxygens (including phenoxy) is 1. The van der Waals surface area contributed by atoms with E-state index in [1.807, 2.05) is 11.3 Å². The van der Waals surface area contributed by atoms with E-state index in [1.165, 1.54) is 17.7 Å². The van der Waals surface area contributed by atoms with Crippen LogP contribution in [0.4, 0.5) is 0 Å². The minimum atomic E-state index is 0.347. The Balaban J connectivity index is 1.99. The fourth-order valence-corrected chi connectivity index (χ4v) is 2.38. The van der Waals surface area contributed by atoms with Crippen LogP contribution in [0.1, 0.15) is 30.6 Å². The second-order valence-electron chi connectivity index (χ2n) is 3.87. The molecule has 2 N–H and O–H groups in total. The van der Waals surface area contributed by atoms with E-state index in [0.29, 0.717) is 6.04 Å². The van der Waals surface area contributed by atoms with E-state index in [4.69, 9.17) is 10.5 Å². The molecule has 0 fully saturated rings. The van der Waals surface area contributed by atoms with Gasteiger partial charge < -0.3 is 10.5 Å². The van der Waals surface area contributed by atoms with Crippen LogP contribution in [0.25, 0.3) is 0 Å². The van der Waals surface area contributed by atoms with Crippen molar-refractivity contribution in [3.8, 4) is 0 Å². The van der Waals surface area contributed by atoms with E-state index in [9.17, 15) is 0 Å². The van der Waals surface area contributed by atoms with Crippen molar-refractivity contribution in [2.45, 2.75) is 38.1 Å². The van der Waals surface area contributed by atoms with Crippen molar-refractivity contribution in [3.05, 3.63) is 22.4 Å². The highest BCUT2D eigenvalue weighted by Crippen LogP contribution is 2.13. The van der Waals surface area contributed by atoms with Crippen molar-refractivity contribution < 1.29 is 4.74 Å². The summed E-state index contributed by atoms with van der Waals surface area (Å²) in [5, 5.41) is 2.13. The number of aryl methyl sites for hydroxylation is 1. The molecule has 1 aromatic heterocycles. The molecule has 0 aliphatic carbocycles. The summed E-state index contributed by atoms with van der Waals surface area (Å²) >= 11 is 1.84. The monoisotopic (exact) mass is 227 g/mol. The lowest BCUT2D eigenvalue weighted by Crippen LogP contribution is -2.20. The summed E-state index contributed by atoms with van der Waals surface area (Å²) < 4.78 is 5.00. The Morgan fingerprint density at radius 3 is 2.87 bits per heavy atom. The summed E-state index contributed by atoms with van der Waals surface area (Å²) in [5.41, 5.74) is 6.00. The van der Waals surface area contributed by atoms with Crippen LogP contribution in [0.3, 0.4) is 0 Å². The molecule has 0 aromatic carbocycles. The average molecular weight is 227 g/mol. The van der Waals surface area contributed by atoms with Crippen molar-refractivity contribution in [1.82, 2.24) is 0 Å². The van der Waals surface area contributed by atoms with Gasteiger partial charge in [-0.2, -0.15) is 0 Å². The van der Waals surface area contributed by atoms with Crippen LogP contribution in [0.2, 0.25) is 0 Å². The Hall–Kier alpha value is -0.380. The third kappa shape index (κ3) is 5.92. The predicted octanol–water partition coefficient (Wildman–Crippen LogP) is 2.82. The van der Waals surface area contributed by atoms with Gasteiger partial charge in [0.25, 0.3) is 0 Å². The van der Waals surface area contributed by atoms with Gasteiger partial charge in [-0.1, -0.05) is 6.07 Å². The van der Waals surface area contributed by atoms with Gasteiger partial charge in [-0.05, 0) is 43.6 Å². The molecule has 0 radical (unpaired) electrons. The van der Waals surface area contributed by atoms with Crippen LogP contribution < -0.4 is 5.73 Å². The molecule has 1 unspecified atom stereocenters. The minimum absolute atomic E-state index is 0.347. The van der Waals surface area contributed by atoms with Gasteiger partial charge in [-0.3, -0.25) is 0 Å². The smallest absolute Gasteiger partial charge is 0.0462 e. The summed E-state index contributed by atoms with van der Waals surface area (Å²) in [6.45, 7) is 0.832. The van der Waals surface area contributed by atoms with E-state index in [1.54, 1.807) is 7.11 Å². The number of hydrogen-bond donors (Lipinski definition) is 1. The fourth-order valence-electron chi connectivity index (χ4n) is 1.63. The summed E-state index contributed by atoms with van der Waals surface area (Å²) in [6, 6.07) is 4.65. The first kappa shape index (κ1) is 12.7. The molecule has 3 heteroatoms. The summed E-state index contributed by atoms with van der Waals surface area (Å²) in [6.07, 6.45) is 5.67. The van der Waals surface area contributed by atoms with Gasteiger partial charge in [0, 0.05) is 24.6 Å². The van der Waals surface area contributed by atoms with Gasteiger partial charge in [0.05, 0.1) is 0 Å². The second-order valence-corrected chi connectivity index (χ2v) is 4.90. The maximum absolute atomic E-state index is 6.00. The maximum atomic E-state index is 6.00. The van der Waals surface area contributed by atoms with Gasteiger partial charge >= 0.3 is 0 Å². The van der Waals surface area contributed by atoms with E-state index < -0.39 is 0 Å². The van der Waals surface area contributed by atoms with Crippen LogP contribution in [0.15, 0.2) is 17.5 Å². The summed E-state index contributed by atoms with van der Waals surface area (Å²) in [7, 11) is 1.74. The van der Waals surface area contributed by atoms with Gasteiger partial charge in [-0.15, -0.1) is 11.3 Å². The first-order valence-electron chi connectivity index (χ1n) is 5.60. The number of hydrogen-bond acceptors (Lipinski definition) is 3. The molecule has 1 atom stereocenters. The highest BCUT2D eigenvalue weighted by molar-refractivity contribution is 7.09. The first-order valence-corrected chi connectivity index (χ1v) is 6.48. The second kappa shape index (κ2) is 7.85. The Bertz CT molecular complexity index is 236. The zero-order valence-electron chi connectivity index (χ0n) is 9.45. The molecule has 0 saturated carbocycles. The van der Waals surface area contributed by atoms with Gasteiger partial charge in [0.2, 0.25) is 0 Å². The minimum Gasteiger partial charge on any atom is -0.385 e. The first-order chi connectivity index (χ1) is 7.33. The fraction of sp³-hybridized carbons (Fsp3) is 0.667. The van der Waals surface area contributed by atoms with E-state index in [2.05, 4.69) is 17.5 Å². The van der Waals surface area contributed by atoms with Crippen molar-refractivity contribution >= 4 is 11.3 Å². The molecule has 86 valence electrons. The van der Waals surface area contributed by atoms with Crippen LogP contribution >= 0.6 is 11.3 Å². The zero-order chi connectivity index (χ0) is 10.9. The normalized spacial score (nSPS) is 12.9. The van der Waals surface area contributed by atoms with Crippen molar-refractivity contribution in [3.63, 3.8) is 0 Å². The maximum Gasteiger partial charge on any atom is 0.0462 e. The molecular formula is C12H21NOS. The predicted molar refractivity (Wildman–Crippen MR) is 66.3 cm³/mol. The molecule has 1 heterocycles. The standard InChI is InChI=1S/C12H21NOS/c1-14-9-3-6-11(13)5-2-7-12-8-4-10-15-12/h4,8,10-11H,2-3,5-7,9,13H2,1H3. The molecule has 0 aliphatic rings. The Labute approximate surface area is 96.4 Å². The number of methoxy groups -OCH3 is 1. The van der Waals surface area contributed by atoms with E-state index >= 15 is 0 Å². The molecule has 15 heavy (non-hydrogen) atoms. The molecule has 0 aliphatic heterocycles. The van der Waals surface area contributed by atoms with Crippen LogP contribution in [-0.4, -0.2) is 19.8 Å². The van der Waals surface area contributed by atoms with Crippen molar-refractivity contribution in [1.29, 1.82) is 0 Å². The van der Waals surface area contributed by atoms with Crippen LogP contribution in [0, 0.1) is 0 Å². The summed E-state index contributed by atoms with van der Waals surface area (Å²) in [4.78, 5) is 1.47. The Morgan fingerprint density at radius 1 is 1.40 bits per heavy atom. The highest BCUT2D eigenvalue weighted by atomic mass is 32.1. The molecule has 0 saturated heterocycles. The van der Waals surface area contributed by atoms with Crippen molar-refractivity contribution in [2.24, 2.45) is 5.73 Å². The lowest BCUT2D eigenvalue weighted by molar-refractivity contribution is 0.190. The summed E-state index contributed by atoms with van der Waals surface area (Å²) in [5.74, 6) is 0. The molecule has 1 aromatic rings. The van der Waals surface area contributed by atoms with Gasteiger partial charge in [0.15, 0.2) is 0 Å². The molecule has 2 nitrogen and oxygen atoms in total. The lowest BCUT2D eigenvalue weighted by atomic mass is 10.1. The third-order valence-electron chi connectivity index (χ3n) is 2.50. The number of thiophene rings is 1. The number of rotatable bonds is 8. The van der Waals surface area contributed by atoms with Gasteiger partial charge in [0.1, 0.15) is 0 Å².